The molecule has 3 unspecified atom stereocenters. The summed E-state index contributed by atoms with van der Waals surface area (Å²) >= 11 is 0. The molecule has 1 saturated heterocycles. The molecule has 4 nitrogen and oxygen atoms in total. The second-order valence-corrected chi connectivity index (χ2v) is 6.36. The third kappa shape index (κ3) is 2.77. The number of carbonyl (C=O) groups excluding carboxylic acids is 1. The number of methoxy groups -OCH3 is 1. The molecule has 1 amide bonds. The molecule has 1 saturated carbocycles. The van der Waals surface area contributed by atoms with Crippen LogP contribution in [0, 0.1) is 18.8 Å². The van der Waals surface area contributed by atoms with Crippen LogP contribution in [0.1, 0.15) is 24.0 Å². The van der Waals surface area contributed by atoms with E-state index < -0.39 is 0 Å². The Bertz CT molecular complexity index is 543. The molecule has 0 bridgehead atoms. The van der Waals surface area contributed by atoms with Gasteiger partial charge in [0.1, 0.15) is 5.75 Å². The minimum Gasteiger partial charge on any atom is -0.496 e. The number of rotatable bonds is 3. The maximum atomic E-state index is 12.5. The average molecular weight is 289 g/mol. The number of hydrogen-bond donors (Lipinski definition) is 1. The van der Waals surface area contributed by atoms with Gasteiger partial charge in [0.2, 0.25) is 5.91 Å². The number of hydrogen-bond acceptors (Lipinski definition) is 3. The van der Waals surface area contributed by atoms with E-state index in [0.29, 0.717) is 18.9 Å². The van der Waals surface area contributed by atoms with Gasteiger partial charge < -0.3 is 14.7 Å². The average Bonchev–Trinajstić information content (AvgIpc) is 3.02. The number of fused-ring (bicyclic) bond motifs is 1. The highest BCUT2D eigenvalue weighted by atomic mass is 16.5. The highest BCUT2D eigenvalue weighted by Crippen LogP contribution is 2.38. The van der Waals surface area contributed by atoms with Gasteiger partial charge in [0.25, 0.3) is 0 Å². The molecule has 4 heteroatoms. The van der Waals surface area contributed by atoms with Crippen LogP contribution >= 0.6 is 0 Å². The van der Waals surface area contributed by atoms with Crippen LogP contribution in [0.3, 0.4) is 0 Å². The zero-order chi connectivity index (χ0) is 15.0. The molecule has 1 heterocycles. The molecule has 3 atom stereocenters. The third-order valence-corrected chi connectivity index (χ3v) is 4.95. The number of aryl methyl sites for hydroxylation is 1. The summed E-state index contributed by atoms with van der Waals surface area (Å²) in [5, 5.41) is 9.95. The highest BCUT2D eigenvalue weighted by Gasteiger charge is 2.43. The van der Waals surface area contributed by atoms with E-state index in [9.17, 15) is 9.90 Å². The molecule has 1 aliphatic carbocycles. The van der Waals surface area contributed by atoms with E-state index in [1.807, 2.05) is 30.0 Å². The number of ether oxygens (including phenoxy) is 1. The number of carbonyl (C=O) groups is 1. The third-order valence-electron chi connectivity index (χ3n) is 4.95. The summed E-state index contributed by atoms with van der Waals surface area (Å²) < 4.78 is 5.34. The molecule has 0 aromatic heterocycles. The maximum Gasteiger partial charge on any atom is 0.227 e. The zero-order valence-electron chi connectivity index (χ0n) is 12.7. The molecule has 1 aromatic rings. The summed E-state index contributed by atoms with van der Waals surface area (Å²) in [6, 6.07) is 5.92. The molecule has 1 aromatic carbocycles. The van der Waals surface area contributed by atoms with Crippen LogP contribution in [0.2, 0.25) is 0 Å². The SMILES string of the molecule is COc1ccc(C)cc1CC(=O)N1CC2CCC(O)C2C1. The predicted molar refractivity (Wildman–Crippen MR) is 80.2 cm³/mol. The Morgan fingerprint density at radius 1 is 1.38 bits per heavy atom. The van der Waals surface area contributed by atoms with Gasteiger partial charge in [-0.15, -0.1) is 0 Å². The van der Waals surface area contributed by atoms with E-state index in [1.165, 1.54) is 0 Å². The molecular weight excluding hydrogens is 266 g/mol. The molecule has 0 spiro atoms. The summed E-state index contributed by atoms with van der Waals surface area (Å²) in [5.41, 5.74) is 2.08. The lowest BCUT2D eigenvalue weighted by atomic mass is 10.00. The van der Waals surface area contributed by atoms with Crippen LogP contribution in [0.4, 0.5) is 0 Å². The fourth-order valence-electron chi connectivity index (χ4n) is 3.76. The molecule has 114 valence electrons. The van der Waals surface area contributed by atoms with Crippen molar-refractivity contribution >= 4 is 5.91 Å². The van der Waals surface area contributed by atoms with Crippen molar-refractivity contribution in [1.82, 2.24) is 4.90 Å². The van der Waals surface area contributed by atoms with Crippen molar-refractivity contribution in [2.24, 2.45) is 11.8 Å². The number of aliphatic hydroxyl groups is 1. The Morgan fingerprint density at radius 3 is 2.90 bits per heavy atom. The first kappa shape index (κ1) is 14.4. The molecular formula is C17H23NO3. The maximum absolute atomic E-state index is 12.5. The second-order valence-electron chi connectivity index (χ2n) is 6.36. The number of likely N-dealkylation sites (tertiary alicyclic amines) is 1. The fourth-order valence-corrected chi connectivity index (χ4v) is 3.76. The first-order valence-electron chi connectivity index (χ1n) is 7.68. The molecule has 3 rings (SSSR count). The standard InChI is InChI=1S/C17H23NO3/c1-11-3-6-16(21-2)13(7-11)8-17(20)18-9-12-4-5-15(19)14(12)10-18/h3,6-7,12,14-15,19H,4-5,8-10H2,1-2H3. The van der Waals surface area contributed by atoms with Gasteiger partial charge in [-0.25, -0.2) is 0 Å². The van der Waals surface area contributed by atoms with Gasteiger partial charge in [-0.3, -0.25) is 4.79 Å². The van der Waals surface area contributed by atoms with Crippen molar-refractivity contribution < 1.29 is 14.6 Å². The lowest BCUT2D eigenvalue weighted by molar-refractivity contribution is -0.129. The first-order chi connectivity index (χ1) is 10.1. The summed E-state index contributed by atoms with van der Waals surface area (Å²) in [5.74, 6) is 1.69. The normalized spacial score (nSPS) is 27.8. The molecule has 1 aliphatic heterocycles. The highest BCUT2D eigenvalue weighted by molar-refractivity contribution is 5.80. The van der Waals surface area contributed by atoms with E-state index in [1.54, 1.807) is 7.11 Å². The van der Waals surface area contributed by atoms with E-state index in [0.717, 1.165) is 36.3 Å². The Balaban J connectivity index is 1.69. The van der Waals surface area contributed by atoms with Crippen LogP contribution in [-0.2, 0) is 11.2 Å². The smallest absolute Gasteiger partial charge is 0.227 e. The lowest BCUT2D eigenvalue weighted by Crippen LogP contribution is -2.32. The Hall–Kier alpha value is -1.55. The van der Waals surface area contributed by atoms with Crippen molar-refractivity contribution in [2.75, 3.05) is 20.2 Å². The van der Waals surface area contributed by atoms with Crippen molar-refractivity contribution in [2.45, 2.75) is 32.3 Å². The van der Waals surface area contributed by atoms with Crippen LogP contribution in [0.5, 0.6) is 5.75 Å². The van der Waals surface area contributed by atoms with Crippen molar-refractivity contribution in [3.8, 4) is 5.75 Å². The fraction of sp³-hybridized carbons (Fsp3) is 0.588. The Labute approximate surface area is 125 Å². The van der Waals surface area contributed by atoms with Crippen LogP contribution in [0.15, 0.2) is 18.2 Å². The largest absolute Gasteiger partial charge is 0.496 e. The number of aliphatic hydroxyl groups excluding tert-OH is 1. The van der Waals surface area contributed by atoms with Crippen molar-refractivity contribution in [3.63, 3.8) is 0 Å². The van der Waals surface area contributed by atoms with Gasteiger partial charge in [0.05, 0.1) is 19.6 Å². The predicted octanol–water partition coefficient (Wildman–Crippen LogP) is 1.78. The molecule has 1 N–H and O–H groups in total. The summed E-state index contributed by atoms with van der Waals surface area (Å²) in [6.45, 7) is 3.53. The number of benzene rings is 1. The topological polar surface area (TPSA) is 49.8 Å². The second kappa shape index (κ2) is 5.68. The van der Waals surface area contributed by atoms with Gasteiger partial charge in [-0.05, 0) is 31.7 Å². The van der Waals surface area contributed by atoms with E-state index in [2.05, 4.69) is 0 Å². The van der Waals surface area contributed by atoms with Crippen molar-refractivity contribution in [3.05, 3.63) is 29.3 Å². The molecule has 0 radical (unpaired) electrons. The summed E-state index contributed by atoms with van der Waals surface area (Å²) in [6.07, 6.45) is 2.09. The van der Waals surface area contributed by atoms with E-state index >= 15 is 0 Å². The summed E-state index contributed by atoms with van der Waals surface area (Å²) in [4.78, 5) is 14.4. The van der Waals surface area contributed by atoms with Crippen LogP contribution in [0.25, 0.3) is 0 Å². The summed E-state index contributed by atoms with van der Waals surface area (Å²) in [7, 11) is 1.63. The first-order valence-corrected chi connectivity index (χ1v) is 7.68. The van der Waals surface area contributed by atoms with Gasteiger partial charge in [0.15, 0.2) is 0 Å². The minimum absolute atomic E-state index is 0.139. The van der Waals surface area contributed by atoms with Crippen LogP contribution in [-0.4, -0.2) is 42.2 Å². The number of amides is 1. The van der Waals surface area contributed by atoms with Gasteiger partial charge >= 0.3 is 0 Å². The zero-order valence-corrected chi connectivity index (χ0v) is 12.7. The van der Waals surface area contributed by atoms with Gasteiger partial charge in [-0.2, -0.15) is 0 Å². The monoisotopic (exact) mass is 289 g/mol. The molecule has 2 fully saturated rings. The minimum atomic E-state index is -0.221. The van der Waals surface area contributed by atoms with E-state index in [4.69, 9.17) is 4.74 Å². The molecule has 21 heavy (non-hydrogen) atoms. The van der Waals surface area contributed by atoms with E-state index in [-0.39, 0.29) is 17.9 Å². The van der Waals surface area contributed by atoms with Crippen molar-refractivity contribution in [1.29, 1.82) is 0 Å². The Morgan fingerprint density at radius 2 is 2.19 bits per heavy atom. The quantitative estimate of drug-likeness (QED) is 0.922. The number of nitrogens with zero attached hydrogens (tertiary/aromatic N) is 1. The van der Waals surface area contributed by atoms with Crippen LogP contribution < -0.4 is 4.74 Å². The van der Waals surface area contributed by atoms with Gasteiger partial charge in [0, 0.05) is 24.6 Å². The Kier molecular flexibility index (Phi) is 3.89. The van der Waals surface area contributed by atoms with Gasteiger partial charge in [-0.1, -0.05) is 17.7 Å². The lowest BCUT2D eigenvalue weighted by Gasteiger charge is -2.19. The molecule has 2 aliphatic rings.